The van der Waals surface area contributed by atoms with Gasteiger partial charge in [0.2, 0.25) is 0 Å². The first-order chi connectivity index (χ1) is 9.60. The summed E-state index contributed by atoms with van der Waals surface area (Å²) in [7, 11) is 0. The van der Waals surface area contributed by atoms with Gasteiger partial charge in [0.05, 0.1) is 23.1 Å². The third-order valence-corrected chi connectivity index (χ3v) is 4.53. The molecule has 0 atom stereocenters. The van der Waals surface area contributed by atoms with Crippen molar-refractivity contribution in [3.05, 3.63) is 28.0 Å². The van der Waals surface area contributed by atoms with Crippen LogP contribution in [0.1, 0.15) is 45.4 Å². The quantitative estimate of drug-likeness (QED) is 0.515. The van der Waals surface area contributed by atoms with Gasteiger partial charge in [0.15, 0.2) is 11.0 Å². The van der Waals surface area contributed by atoms with Gasteiger partial charge in [0.1, 0.15) is 0 Å². The molecule has 2 nitrogen and oxygen atoms in total. The monoisotopic (exact) mass is 313 g/mol. The lowest BCUT2D eigenvalue weighted by Gasteiger charge is -2.00. The van der Waals surface area contributed by atoms with Crippen molar-refractivity contribution in [3.63, 3.8) is 0 Å². The number of aromatic nitrogens is 2. The molecule has 0 aliphatic carbocycles. The van der Waals surface area contributed by atoms with Gasteiger partial charge in [0.25, 0.3) is 5.82 Å². The number of hydrogen-bond acceptors (Lipinski definition) is 0. The largest absolute Gasteiger partial charge is 0.254 e. The zero-order valence-corrected chi connectivity index (χ0v) is 14.1. The molecule has 0 aliphatic rings. The van der Waals surface area contributed by atoms with Crippen molar-refractivity contribution >= 4 is 34.2 Å². The maximum absolute atomic E-state index is 6.21. The molecule has 2 rings (SSSR count). The zero-order chi connectivity index (χ0) is 14.7. The standard InChI is InChI=1S/C16H23Cl2N2/c1-4-6-7-9-20-12(3)19(8-5-2)15-10-13(17)14(18)11-16(15)20/h10-11H,4-9H2,1-3H3/q+1. The number of rotatable bonds is 6. The smallest absolute Gasteiger partial charge is 0.227 e. The van der Waals surface area contributed by atoms with Crippen LogP contribution in [0, 0.1) is 6.92 Å². The number of benzene rings is 1. The predicted molar refractivity (Wildman–Crippen MR) is 86.7 cm³/mol. The molecule has 20 heavy (non-hydrogen) atoms. The highest BCUT2D eigenvalue weighted by Crippen LogP contribution is 2.28. The van der Waals surface area contributed by atoms with E-state index in [2.05, 4.69) is 29.9 Å². The van der Waals surface area contributed by atoms with Crippen LogP contribution in [0.2, 0.25) is 10.0 Å². The molecule has 0 fully saturated rings. The normalized spacial score (nSPS) is 11.4. The number of fused-ring (bicyclic) bond motifs is 1. The molecule has 2 aromatic rings. The van der Waals surface area contributed by atoms with Crippen LogP contribution in [0.5, 0.6) is 0 Å². The first-order valence-corrected chi connectivity index (χ1v) is 8.23. The van der Waals surface area contributed by atoms with Gasteiger partial charge in [-0.15, -0.1) is 0 Å². The molecular formula is C16H23Cl2N2+. The second-order valence-electron chi connectivity index (χ2n) is 5.31. The third kappa shape index (κ3) is 2.96. The number of halogens is 2. The summed E-state index contributed by atoms with van der Waals surface area (Å²) in [4.78, 5) is 0. The van der Waals surface area contributed by atoms with Crippen molar-refractivity contribution in [1.29, 1.82) is 0 Å². The fourth-order valence-corrected chi connectivity index (χ4v) is 3.08. The molecule has 110 valence electrons. The highest BCUT2D eigenvalue weighted by atomic mass is 35.5. The van der Waals surface area contributed by atoms with E-state index in [0.717, 1.165) is 19.5 Å². The Hall–Kier alpha value is -0.730. The molecule has 4 heteroatoms. The first-order valence-electron chi connectivity index (χ1n) is 7.47. The fraction of sp³-hybridized carbons (Fsp3) is 0.562. The average Bonchev–Trinajstić information content (AvgIpc) is 2.66. The Labute approximate surface area is 131 Å². The molecule has 0 unspecified atom stereocenters. The Morgan fingerprint density at radius 3 is 2.40 bits per heavy atom. The van der Waals surface area contributed by atoms with E-state index in [1.54, 1.807) is 0 Å². The van der Waals surface area contributed by atoms with Gasteiger partial charge in [0, 0.05) is 19.1 Å². The number of hydrogen-bond donors (Lipinski definition) is 0. The molecule has 0 radical (unpaired) electrons. The molecular weight excluding hydrogens is 291 g/mol. The Kier molecular flexibility index (Phi) is 5.34. The highest BCUT2D eigenvalue weighted by molar-refractivity contribution is 6.42. The minimum atomic E-state index is 0.634. The van der Waals surface area contributed by atoms with Crippen LogP contribution in [0.25, 0.3) is 11.0 Å². The topological polar surface area (TPSA) is 8.81 Å². The molecule has 1 heterocycles. The van der Waals surface area contributed by atoms with Gasteiger partial charge in [-0.1, -0.05) is 43.5 Å². The minimum absolute atomic E-state index is 0.634. The predicted octanol–water partition coefficient (Wildman–Crippen LogP) is 5.14. The van der Waals surface area contributed by atoms with E-state index in [1.165, 1.54) is 36.1 Å². The summed E-state index contributed by atoms with van der Waals surface area (Å²) in [6.07, 6.45) is 4.81. The molecule has 0 saturated heterocycles. The first kappa shape index (κ1) is 15.7. The Morgan fingerprint density at radius 2 is 1.75 bits per heavy atom. The number of unbranched alkanes of at least 4 members (excludes halogenated alkanes) is 2. The van der Waals surface area contributed by atoms with Gasteiger partial charge in [-0.05, 0) is 19.3 Å². The summed E-state index contributed by atoms with van der Waals surface area (Å²) < 4.78 is 4.73. The molecule has 1 aromatic heterocycles. The van der Waals surface area contributed by atoms with Crippen LogP contribution in [-0.4, -0.2) is 4.57 Å². The van der Waals surface area contributed by atoms with Crippen LogP contribution in [-0.2, 0) is 13.1 Å². The lowest BCUT2D eigenvalue weighted by atomic mass is 10.2. The van der Waals surface area contributed by atoms with Crippen molar-refractivity contribution in [2.75, 3.05) is 0 Å². The average molecular weight is 314 g/mol. The van der Waals surface area contributed by atoms with Gasteiger partial charge >= 0.3 is 0 Å². The maximum Gasteiger partial charge on any atom is 0.254 e. The van der Waals surface area contributed by atoms with Crippen LogP contribution in [0.3, 0.4) is 0 Å². The van der Waals surface area contributed by atoms with Crippen LogP contribution < -0.4 is 4.57 Å². The van der Waals surface area contributed by atoms with Crippen molar-refractivity contribution < 1.29 is 4.57 Å². The summed E-state index contributed by atoms with van der Waals surface area (Å²) in [5, 5.41) is 1.27. The molecule has 0 saturated carbocycles. The van der Waals surface area contributed by atoms with E-state index in [-0.39, 0.29) is 0 Å². The molecule has 0 N–H and O–H groups in total. The second-order valence-corrected chi connectivity index (χ2v) is 6.13. The molecule has 0 amide bonds. The second kappa shape index (κ2) is 6.82. The van der Waals surface area contributed by atoms with E-state index in [4.69, 9.17) is 23.2 Å². The van der Waals surface area contributed by atoms with E-state index < -0.39 is 0 Å². The SMILES string of the molecule is CCCCCn1c(C)[n+](CCC)c2cc(Cl)c(Cl)cc21. The van der Waals surface area contributed by atoms with Crippen LogP contribution in [0.15, 0.2) is 12.1 Å². The van der Waals surface area contributed by atoms with Gasteiger partial charge < -0.3 is 0 Å². The van der Waals surface area contributed by atoms with Crippen molar-refractivity contribution in [3.8, 4) is 0 Å². The highest BCUT2D eigenvalue weighted by Gasteiger charge is 2.22. The molecule has 1 aromatic carbocycles. The third-order valence-electron chi connectivity index (χ3n) is 3.81. The Bertz CT molecular complexity index is 602. The molecule has 0 bridgehead atoms. The fourth-order valence-electron chi connectivity index (χ4n) is 2.76. The van der Waals surface area contributed by atoms with E-state index >= 15 is 0 Å². The van der Waals surface area contributed by atoms with E-state index in [0.29, 0.717) is 10.0 Å². The summed E-state index contributed by atoms with van der Waals surface area (Å²) >= 11 is 12.4. The summed E-state index contributed by atoms with van der Waals surface area (Å²) in [5.74, 6) is 1.29. The van der Waals surface area contributed by atoms with Gasteiger partial charge in [-0.25, -0.2) is 9.13 Å². The number of aryl methyl sites for hydroxylation is 2. The van der Waals surface area contributed by atoms with Crippen molar-refractivity contribution in [1.82, 2.24) is 4.57 Å². The summed E-state index contributed by atoms with van der Waals surface area (Å²) in [5.41, 5.74) is 2.39. The number of imidazole rings is 1. The maximum atomic E-state index is 6.21. The van der Waals surface area contributed by atoms with Crippen LogP contribution >= 0.6 is 23.2 Å². The Balaban J connectivity index is 2.54. The van der Waals surface area contributed by atoms with Crippen LogP contribution in [0.4, 0.5) is 0 Å². The van der Waals surface area contributed by atoms with Crippen molar-refractivity contribution in [2.45, 2.75) is 59.5 Å². The van der Waals surface area contributed by atoms with Gasteiger partial charge in [-0.3, -0.25) is 0 Å². The van der Waals surface area contributed by atoms with Gasteiger partial charge in [-0.2, -0.15) is 0 Å². The summed E-state index contributed by atoms with van der Waals surface area (Å²) in [6, 6.07) is 4.00. The lowest BCUT2D eigenvalue weighted by molar-refractivity contribution is -0.678. The van der Waals surface area contributed by atoms with Crippen molar-refractivity contribution in [2.24, 2.45) is 0 Å². The van der Waals surface area contributed by atoms with E-state index in [9.17, 15) is 0 Å². The van der Waals surface area contributed by atoms with E-state index in [1.807, 2.05) is 12.1 Å². The Morgan fingerprint density at radius 1 is 1.05 bits per heavy atom. The molecule has 0 spiro atoms. The lowest BCUT2D eigenvalue weighted by Crippen LogP contribution is -2.36. The number of nitrogens with zero attached hydrogens (tertiary/aromatic N) is 2. The summed E-state index contributed by atoms with van der Waals surface area (Å²) in [6.45, 7) is 8.67. The minimum Gasteiger partial charge on any atom is -0.227 e. The zero-order valence-electron chi connectivity index (χ0n) is 12.5. The molecule has 0 aliphatic heterocycles.